The molecule has 0 atom stereocenters. The fraction of sp³-hybridized carbons (Fsp3) is 0.208. The molecule has 0 aliphatic heterocycles. The highest BCUT2D eigenvalue weighted by Crippen LogP contribution is 2.18. The number of aromatic nitrogens is 2. The fourth-order valence-electron chi connectivity index (χ4n) is 2.98. The predicted octanol–water partition coefficient (Wildman–Crippen LogP) is 2.69. The number of esters is 1. The van der Waals surface area contributed by atoms with E-state index in [1.807, 2.05) is 19.1 Å². The summed E-state index contributed by atoms with van der Waals surface area (Å²) in [6.45, 7) is 4.52. The molecule has 1 heterocycles. The van der Waals surface area contributed by atoms with E-state index in [1.54, 1.807) is 43.3 Å². The summed E-state index contributed by atoms with van der Waals surface area (Å²) in [4.78, 5) is 48.7. The first kappa shape index (κ1) is 24.2. The smallest absolute Gasteiger partial charge is 0.362 e. The van der Waals surface area contributed by atoms with E-state index >= 15 is 0 Å². The molecule has 2 aromatic carbocycles. The van der Waals surface area contributed by atoms with Crippen LogP contribution in [-0.2, 0) is 14.3 Å². The van der Waals surface area contributed by atoms with Crippen molar-refractivity contribution in [1.82, 2.24) is 9.78 Å². The zero-order valence-corrected chi connectivity index (χ0v) is 19.0. The molecular weight excluding hydrogens is 440 g/mol. The Kier molecular flexibility index (Phi) is 7.75. The van der Waals surface area contributed by atoms with E-state index in [1.165, 1.54) is 6.92 Å². The van der Waals surface area contributed by atoms with Gasteiger partial charge in [-0.1, -0.05) is 23.8 Å². The highest BCUT2D eigenvalue weighted by molar-refractivity contribution is 5.94. The molecule has 0 aliphatic rings. The Balaban J connectivity index is 1.80. The maximum Gasteiger partial charge on any atom is 0.362 e. The van der Waals surface area contributed by atoms with Gasteiger partial charge >= 0.3 is 5.97 Å². The van der Waals surface area contributed by atoms with E-state index < -0.39 is 24.0 Å². The van der Waals surface area contributed by atoms with Crippen molar-refractivity contribution in [3.63, 3.8) is 0 Å². The second-order valence-corrected chi connectivity index (χ2v) is 7.26. The number of nitrogens with one attached hydrogen (secondary N) is 2. The summed E-state index contributed by atoms with van der Waals surface area (Å²) in [5.41, 5.74) is 1.62. The third kappa shape index (κ3) is 6.28. The van der Waals surface area contributed by atoms with Gasteiger partial charge in [-0.2, -0.15) is 9.78 Å². The third-order valence-corrected chi connectivity index (χ3v) is 4.47. The second kappa shape index (κ2) is 10.9. The van der Waals surface area contributed by atoms with Crippen LogP contribution in [0.1, 0.15) is 29.9 Å². The van der Waals surface area contributed by atoms with Crippen molar-refractivity contribution < 1.29 is 23.9 Å². The lowest BCUT2D eigenvalue weighted by molar-refractivity contribution is -0.118. The number of ether oxygens (including phenoxy) is 2. The molecule has 34 heavy (non-hydrogen) atoms. The Hall–Kier alpha value is -4.47. The molecule has 0 aliphatic carbocycles. The van der Waals surface area contributed by atoms with E-state index in [0.29, 0.717) is 17.1 Å². The standard InChI is InChI=1S/C24H24N4O6/c1-4-33-24(32)23-20(13-22(31)28(27-23)19-10-8-15(2)9-11-19)34-14-21(30)26-18-7-5-6-17(12-18)25-16(3)29/h5-13H,4,14H2,1-3H3,(H,25,29)(H,26,30). The minimum atomic E-state index is -0.790. The van der Waals surface area contributed by atoms with Crippen LogP contribution in [0.15, 0.2) is 59.4 Å². The van der Waals surface area contributed by atoms with Crippen LogP contribution >= 0.6 is 0 Å². The molecule has 2 amide bonds. The van der Waals surface area contributed by atoms with Crippen molar-refractivity contribution in [3.8, 4) is 11.4 Å². The van der Waals surface area contributed by atoms with Gasteiger partial charge < -0.3 is 20.1 Å². The Bertz CT molecular complexity index is 1270. The molecule has 0 unspecified atom stereocenters. The van der Waals surface area contributed by atoms with Crippen molar-refractivity contribution in [2.45, 2.75) is 20.8 Å². The Morgan fingerprint density at radius 2 is 1.68 bits per heavy atom. The van der Waals surface area contributed by atoms with Crippen LogP contribution < -0.4 is 20.9 Å². The van der Waals surface area contributed by atoms with Gasteiger partial charge in [0.15, 0.2) is 12.4 Å². The first-order chi connectivity index (χ1) is 16.3. The summed E-state index contributed by atoms with van der Waals surface area (Å²) >= 11 is 0. The molecule has 3 aromatic rings. The zero-order chi connectivity index (χ0) is 24.7. The van der Waals surface area contributed by atoms with Gasteiger partial charge in [0, 0.05) is 18.3 Å². The van der Waals surface area contributed by atoms with Crippen molar-refractivity contribution >= 4 is 29.2 Å². The molecule has 3 rings (SSSR count). The van der Waals surface area contributed by atoms with Crippen LogP contribution in [0.25, 0.3) is 5.69 Å². The van der Waals surface area contributed by atoms with Crippen LogP contribution in [0.4, 0.5) is 11.4 Å². The number of rotatable bonds is 8. The highest BCUT2D eigenvalue weighted by atomic mass is 16.5. The molecule has 0 bridgehead atoms. The van der Waals surface area contributed by atoms with Crippen molar-refractivity contribution in [3.05, 3.63) is 76.2 Å². The van der Waals surface area contributed by atoms with Crippen LogP contribution in [0, 0.1) is 6.92 Å². The summed E-state index contributed by atoms with van der Waals surface area (Å²) in [5.74, 6) is -1.75. The quantitative estimate of drug-likeness (QED) is 0.491. The largest absolute Gasteiger partial charge is 0.481 e. The van der Waals surface area contributed by atoms with E-state index in [4.69, 9.17) is 9.47 Å². The fourth-order valence-corrected chi connectivity index (χ4v) is 2.98. The predicted molar refractivity (Wildman–Crippen MR) is 125 cm³/mol. The average Bonchev–Trinajstić information content (AvgIpc) is 2.78. The van der Waals surface area contributed by atoms with E-state index in [2.05, 4.69) is 15.7 Å². The minimum absolute atomic E-state index is 0.0920. The third-order valence-electron chi connectivity index (χ3n) is 4.47. The molecular formula is C24H24N4O6. The SMILES string of the molecule is CCOC(=O)c1nn(-c2ccc(C)cc2)c(=O)cc1OCC(=O)Nc1cccc(NC(C)=O)c1. The summed E-state index contributed by atoms with van der Waals surface area (Å²) in [6.07, 6.45) is 0. The van der Waals surface area contributed by atoms with Gasteiger partial charge in [-0.25, -0.2) is 4.79 Å². The van der Waals surface area contributed by atoms with E-state index in [-0.39, 0.29) is 24.0 Å². The highest BCUT2D eigenvalue weighted by Gasteiger charge is 2.20. The lowest BCUT2D eigenvalue weighted by atomic mass is 10.2. The minimum Gasteiger partial charge on any atom is -0.481 e. The van der Waals surface area contributed by atoms with Crippen LogP contribution in [0.2, 0.25) is 0 Å². The van der Waals surface area contributed by atoms with Crippen molar-refractivity contribution in [2.24, 2.45) is 0 Å². The Morgan fingerprint density at radius 1 is 1.00 bits per heavy atom. The number of aryl methyl sites for hydroxylation is 1. The van der Waals surface area contributed by atoms with Gasteiger partial charge in [-0.3, -0.25) is 14.4 Å². The monoisotopic (exact) mass is 464 g/mol. The van der Waals surface area contributed by atoms with Gasteiger partial charge in [0.05, 0.1) is 18.4 Å². The second-order valence-electron chi connectivity index (χ2n) is 7.26. The average molecular weight is 464 g/mol. The van der Waals surface area contributed by atoms with Crippen molar-refractivity contribution in [1.29, 1.82) is 0 Å². The number of anilines is 2. The molecule has 0 fully saturated rings. The van der Waals surface area contributed by atoms with E-state index in [0.717, 1.165) is 16.3 Å². The molecule has 176 valence electrons. The topological polar surface area (TPSA) is 129 Å². The number of carbonyl (C=O) groups excluding carboxylic acids is 3. The molecule has 2 N–H and O–H groups in total. The molecule has 10 nitrogen and oxygen atoms in total. The molecule has 0 saturated heterocycles. The Morgan fingerprint density at radius 3 is 2.32 bits per heavy atom. The first-order valence-electron chi connectivity index (χ1n) is 10.5. The normalized spacial score (nSPS) is 10.3. The number of amides is 2. The summed E-state index contributed by atoms with van der Waals surface area (Å²) < 4.78 is 11.6. The Labute approximate surface area is 195 Å². The lowest BCUT2D eigenvalue weighted by Crippen LogP contribution is -2.27. The lowest BCUT2D eigenvalue weighted by Gasteiger charge is -2.13. The molecule has 0 radical (unpaired) electrons. The number of hydrogen-bond donors (Lipinski definition) is 2. The number of nitrogens with zero attached hydrogens (tertiary/aromatic N) is 2. The molecule has 10 heteroatoms. The van der Waals surface area contributed by atoms with Crippen molar-refractivity contribution in [2.75, 3.05) is 23.8 Å². The van der Waals surface area contributed by atoms with Gasteiger partial charge in [0.2, 0.25) is 11.6 Å². The number of carbonyl (C=O) groups is 3. The molecule has 0 spiro atoms. The summed E-state index contributed by atoms with van der Waals surface area (Å²) in [6, 6.07) is 14.6. The van der Waals surface area contributed by atoms with Crippen LogP contribution in [0.5, 0.6) is 5.75 Å². The maximum absolute atomic E-state index is 12.7. The molecule has 1 aromatic heterocycles. The van der Waals surface area contributed by atoms with Gasteiger partial charge in [0.25, 0.3) is 11.5 Å². The van der Waals surface area contributed by atoms with Crippen LogP contribution in [-0.4, -0.2) is 40.8 Å². The van der Waals surface area contributed by atoms with Crippen LogP contribution in [0.3, 0.4) is 0 Å². The van der Waals surface area contributed by atoms with Gasteiger partial charge in [-0.15, -0.1) is 0 Å². The summed E-state index contributed by atoms with van der Waals surface area (Å²) in [7, 11) is 0. The maximum atomic E-state index is 12.7. The van der Waals surface area contributed by atoms with Gasteiger partial charge in [-0.05, 0) is 44.2 Å². The zero-order valence-electron chi connectivity index (χ0n) is 19.0. The first-order valence-corrected chi connectivity index (χ1v) is 10.5. The molecule has 0 saturated carbocycles. The van der Waals surface area contributed by atoms with Gasteiger partial charge in [0.1, 0.15) is 0 Å². The summed E-state index contributed by atoms with van der Waals surface area (Å²) in [5, 5.41) is 9.36. The number of benzene rings is 2. The number of hydrogen-bond acceptors (Lipinski definition) is 7. The van der Waals surface area contributed by atoms with E-state index in [9.17, 15) is 19.2 Å².